The summed E-state index contributed by atoms with van der Waals surface area (Å²) in [6.07, 6.45) is -2.20. The van der Waals surface area contributed by atoms with Gasteiger partial charge in [0.2, 0.25) is 5.91 Å². The third kappa shape index (κ3) is 4.76. The van der Waals surface area contributed by atoms with E-state index in [4.69, 9.17) is 14.2 Å². The van der Waals surface area contributed by atoms with Crippen molar-refractivity contribution in [2.24, 2.45) is 0 Å². The van der Waals surface area contributed by atoms with Gasteiger partial charge >= 0.3 is 12.1 Å². The first-order chi connectivity index (χ1) is 16.4. The molecule has 0 radical (unpaired) electrons. The van der Waals surface area contributed by atoms with Crippen molar-refractivity contribution in [3.05, 3.63) is 59.7 Å². The molecule has 1 heterocycles. The minimum atomic E-state index is -1.15. The van der Waals surface area contributed by atoms with Crippen LogP contribution in [0.2, 0.25) is 0 Å². The number of rotatable bonds is 8. The largest absolute Gasteiger partial charge is 0.479 e. The molecule has 3 N–H and O–H groups in total. The highest BCUT2D eigenvalue weighted by molar-refractivity contribution is 5.87. The van der Waals surface area contributed by atoms with E-state index in [9.17, 15) is 19.5 Å². The van der Waals surface area contributed by atoms with Gasteiger partial charge in [0, 0.05) is 19.6 Å². The summed E-state index contributed by atoms with van der Waals surface area (Å²) in [6.45, 7) is 1.97. The van der Waals surface area contributed by atoms with Gasteiger partial charge in [-0.15, -0.1) is 0 Å². The van der Waals surface area contributed by atoms with E-state index in [0.717, 1.165) is 22.3 Å². The first-order valence-corrected chi connectivity index (χ1v) is 11.2. The SMILES string of the molecule is COC(C)C(NC(=O)OCC1c2ccccc2-c2ccccc21)C(=O)N[C@@H]1CCO[C@@H]1C(=O)O. The van der Waals surface area contributed by atoms with E-state index in [2.05, 4.69) is 10.6 Å². The lowest BCUT2D eigenvalue weighted by atomic mass is 9.98. The lowest BCUT2D eigenvalue weighted by Crippen LogP contribution is -2.56. The molecule has 1 aliphatic carbocycles. The number of hydrogen-bond donors (Lipinski definition) is 3. The van der Waals surface area contributed by atoms with Gasteiger partial charge in [0.05, 0.1) is 12.1 Å². The number of fused-ring (bicyclic) bond motifs is 3. The number of amides is 2. The summed E-state index contributed by atoms with van der Waals surface area (Å²) in [5.41, 5.74) is 4.39. The molecule has 0 aromatic heterocycles. The zero-order chi connectivity index (χ0) is 24.2. The van der Waals surface area contributed by atoms with E-state index in [1.54, 1.807) is 6.92 Å². The summed E-state index contributed by atoms with van der Waals surface area (Å²) < 4.78 is 16.0. The van der Waals surface area contributed by atoms with Crippen LogP contribution in [0.3, 0.4) is 0 Å². The molecule has 1 aliphatic heterocycles. The zero-order valence-corrected chi connectivity index (χ0v) is 19.0. The second kappa shape index (κ2) is 10.2. The van der Waals surface area contributed by atoms with Crippen molar-refractivity contribution in [1.29, 1.82) is 0 Å². The minimum Gasteiger partial charge on any atom is -0.479 e. The van der Waals surface area contributed by atoms with Gasteiger partial charge in [-0.3, -0.25) is 4.79 Å². The molecule has 2 aromatic carbocycles. The molecule has 2 unspecified atom stereocenters. The Kier molecular flexibility index (Phi) is 7.14. The molecule has 0 bridgehead atoms. The van der Waals surface area contributed by atoms with Gasteiger partial charge in [-0.1, -0.05) is 48.5 Å². The number of nitrogens with one attached hydrogen (secondary N) is 2. The lowest BCUT2D eigenvalue weighted by molar-refractivity contribution is -0.148. The number of hydrogen-bond acceptors (Lipinski definition) is 6. The van der Waals surface area contributed by atoms with Gasteiger partial charge in [-0.2, -0.15) is 0 Å². The standard InChI is InChI=1S/C25H28N2O7/c1-14(32-2)21(23(28)26-20-11-12-33-22(20)24(29)30)27-25(31)34-13-19-17-9-5-3-7-15(17)16-8-4-6-10-18(16)19/h3-10,14,19-22H,11-13H2,1-2H3,(H,26,28)(H,27,31)(H,29,30)/t14?,20-,21?,22+/m1/s1. The van der Waals surface area contributed by atoms with E-state index in [-0.39, 0.29) is 19.1 Å². The van der Waals surface area contributed by atoms with Crippen molar-refractivity contribution in [3.63, 3.8) is 0 Å². The van der Waals surface area contributed by atoms with Crippen LogP contribution in [0.1, 0.15) is 30.4 Å². The topological polar surface area (TPSA) is 123 Å². The van der Waals surface area contributed by atoms with Crippen LogP contribution in [0, 0.1) is 0 Å². The summed E-state index contributed by atoms with van der Waals surface area (Å²) >= 11 is 0. The lowest BCUT2D eigenvalue weighted by Gasteiger charge is -2.26. The van der Waals surface area contributed by atoms with Crippen LogP contribution in [-0.2, 0) is 23.8 Å². The predicted molar refractivity (Wildman–Crippen MR) is 122 cm³/mol. The molecule has 9 heteroatoms. The Morgan fingerprint density at radius 1 is 1.09 bits per heavy atom. The Labute approximate surface area is 197 Å². The Balaban J connectivity index is 1.41. The molecular weight excluding hydrogens is 440 g/mol. The summed E-state index contributed by atoms with van der Waals surface area (Å²) in [5.74, 6) is -1.83. The molecule has 34 heavy (non-hydrogen) atoms. The summed E-state index contributed by atoms with van der Waals surface area (Å²) in [5, 5.41) is 14.5. The van der Waals surface area contributed by atoms with E-state index < -0.39 is 42.3 Å². The van der Waals surface area contributed by atoms with Crippen LogP contribution >= 0.6 is 0 Å². The molecule has 4 rings (SSSR count). The Morgan fingerprint density at radius 2 is 1.71 bits per heavy atom. The summed E-state index contributed by atoms with van der Waals surface area (Å²) in [7, 11) is 1.42. The second-order valence-electron chi connectivity index (χ2n) is 8.42. The first-order valence-electron chi connectivity index (χ1n) is 11.2. The minimum absolute atomic E-state index is 0.104. The number of carboxylic acid groups (broad SMARTS) is 1. The van der Waals surface area contributed by atoms with Gasteiger partial charge in [0.25, 0.3) is 0 Å². The molecule has 1 saturated heterocycles. The Hall–Kier alpha value is -3.43. The fourth-order valence-electron chi connectivity index (χ4n) is 4.55. The molecule has 2 aromatic rings. The smallest absolute Gasteiger partial charge is 0.407 e. The fraction of sp³-hybridized carbons (Fsp3) is 0.400. The molecule has 2 amide bonds. The van der Waals surface area contributed by atoms with E-state index in [1.807, 2.05) is 48.5 Å². The van der Waals surface area contributed by atoms with Crippen molar-refractivity contribution in [2.75, 3.05) is 20.3 Å². The van der Waals surface area contributed by atoms with E-state index in [0.29, 0.717) is 6.42 Å². The fourth-order valence-corrected chi connectivity index (χ4v) is 4.55. The molecule has 1 fully saturated rings. The first kappa shape index (κ1) is 23.7. The van der Waals surface area contributed by atoms with Crippen molar-refractivity contribution in [2.45, 2.75) is 43.6 Å². The van der Waals surface area contributed by atoms with Gasteiger partial charge < -0.3 is 30.0 Å². The maximum absolute atomic E-state index is 12.9. The second-order valence-corrected chi connectivity index (χ2v) is 8.42. The van der Waals surface area contributed by atoms with Crippen LogP contribution in [-0.4, -0.2) is 67.7 Å². The van der Waals surface area contributed by atoms with Gasteiger partial charge in [-0.05, 0) is 35.6 Å². The average Bonchev–Trinajstić information content (AvgIpc) is 3.43. The highest BCUT2D eigenvalue weighted by Gasteiger charge is 2.38. The van der Waals surface area contributed by atoms with Gasteiger partial charge in [0.1, 0.15) is 12.6 Å². The Bertz CT molecular complexity index is 1030. The maximum Gasteiger partial charge on any atom is 0.407 e. The number of ether oxygens (including phenoxy) is 3. The number of aliphatic carboxylic acids is 1. The molecule has 2 aliphatic rings. The van der Waals surface area contributed by atoms with Crippen LogP contribution < -0.4 is 10.6 Å². The maximum atomic E-state index is 12.9. The highest BCUT2D eigenvalue weighted by atomic mass is 16.6. The van der Waals surface area contributed by atoms with Crippen LogP contribution in [0.25, 0.3) is 11.1 Å². The highest BCUT2D eigenvalue weighted by Crippen LogP contribution is 2.44. The quantitative estimate of drug-likeness (QED) is 0.543. The van der Waals surface area contributed by atoms with Crippen molar-refractivity contribution in [1.82, 2.24) is 10.6 Å². The third-order valence-corrected chi connectivity index (χ3v) is 6.40. The van der Waals surface area contributed by atoms with E-state index >= 15 is 0 Å². The number of methoxy groups -OCH3 is 1. The normalized spacial score (nSPS) is 20.6. The summed E-state index contributed by atoms with van der Waals surface area (Å²) in [6, 6.07) is 14.2. The molecular formula is C25H28N2O7. The molecule has 0 saturated carbocycles. The third-order valence-electron chi connectivity index (χ3n) is 6.40. The van der Waals surface area contributed by atoms with Crippen molar-refractivity contribution in [3.8, 4) is 11.1 Å². The van der Waals surface area contributed by atoms with Crippen molar-refractivity contribution >= 4 is 18.0 Å². The molecule has 0 spiro atoms. The zero-order valence-electron chi connectivity index (χ0n) is 19.0. The van der Waals surface area contributed by atoms with Gasteiger partial charge in [-0.25, -0.2) is 9.59 Å². The van der Waals surface area contributed by atoms with Gasteiger partial charge in [0.15, 0.2) is 6.10 Å². The monoisotopic (exact) mass is 468 g/mol. The van der Waals surface area contributed by atoms with Crippen LogP contribution in [0.4, 0.5) is 4.79 Å². The molecule has 180 valence electrons. The number of alkyl carbamates (subject to hydrolysis) is 1. The van der Waals surface area contributed by atoms with Crippen LogP contribution in [0.5, 0.6) is 0 Å². The average molecular weight is 469 g/mol. The summed E-state index contributed by atoms with van der Waals surface area (Å²) in [4.78, 5) is 36.9. The number of carboxylic acids is 1. The molecule has 9 nitrogen and oxygen atoms in total. The van der Waals surface area contributed by atoms with E-state index in [1.165, 1.54) is 7.11 Å². The van der Waals surface area contributed by atoms with Crippen molar-refractivity contribution < 1.29 is 33.7 Å². The molecule has 4 atom stereocenters. The number of benzene rings is 2. The van der Waals surface area contributed by atoms with Crippen LogP contribution in [0.15, 0.2) is 48.5 Å². The predicted octanol–water partition coefficient (Wildman–Crippen LogP) is 2.29. The number of carbonyl (C=O) groups is 3. The number of carbonyl (C=O) groups excluding carboxylic acids is 2. The Morgan fingerprint density at radius 3 is 2.29 bits per heavy atom.